The molecule has 3 heteroatoms. The highest BCUT2D eigenvalue weighted by molar-refractivity contribution is 5.87. The van der Waals surface area contributed by atoms with Gasteiger partial charge in [-0.1, -0.05) is 12.1 Å². The van der Waals surface area contributed by atoms with E-state index in [1.807, 2.05) is 24.3 Å². The molecular weight excluding hydrogens is 228 g/mol. The third-order valence-electron chi connectivity index (χ3n) is 2.22. The van der Waals surface area contributed by atoms with Crippen molar-refractivity contribution in [1.82, 2.24) is 0 Å². The predicted molar refractivity (Wildman–Crippen MR) is 71.1 cm³/mol. The average Bonchev–Trinajstić information content (AvgIpc) is 2.41. The zero-order valence-electron chi connectivity index (χ0n) is 10.4. The van der Waals surface area contributed by atoms with E-state index in [9.17, 15) is 4.79 Å². The van der Waals surface area contributed by atoms with Crippen molar-refractivity contribution in [3.63, 3.8) is 0 Å². The molecule has 0 amide bonds. The van der Waals surface area contributed by atoms with Crippen LogP contribution in [0, 0.1) is 12.3 Å². The van der Waals surface area contributed by atoms with Gasteiger partial charge in [0.25, 0.3) is 0 Å². The van der Waals surface area contributed by atoms with E-state index in [1.54, 1.807) is 13.2 Å². The molecule has 0 N–H and O–H groups in total. The Kier molecular flexibility index (Phi) is 6.13. The zero-order valence-corrected chi connectivity index (χ0v) is 10.4. The van der Waals surface area contributed by atoms with Gasteiger partial charge < -0.3 is 9.47 Å². The molecule has 18 heavy (non-hydrogen) atoms. The lowest BCUT2D eigenvalue weighted by Gasteiger charge is -2.01. The summed E-state index contributed by atoms with van der Waals surface area (Å²) in [5.41, 5.74) is 0.884. The minimum atomic E-state index is -0.366. The second kappa shape index (κ2) is 7.97. The van der Waals surface area contributed by atoms with E-state index >= 15 is 0 Å². The van der Waals surface area contributed by atoms with E-state index in [2.05, 4.69) is 5.92 Å². The van der Waals surface area contributed by atoms with Crippen molar-refractivity contribution in [3.05, 3.63) is 35.9 Å². The monoisotopic (exact) mass is 244 g/mol. The molecule has 3 nitrogen and oxygen atoms in total. The summed E-state index contributed by atoms with van der Waals surface area (Å²) in [4.78, 5) is 11.3. The lowest BCUT2D eigenvalue weighted by Crippen LogP contribution is -2.01. The van der Waals surface area contributed by atoms with Crippen LogP contribution in [0.5, 0.6) is 5.75 Å². The van der Waals surface area contributed by atoms with Crippen molar-refractivity contribution < 1.29 is 14.3 Å². The highest BCUT2D eigenvalue weighted by Crippen LogP contribution is 2.13. The Labute approximate surface area is 107 Å². The van der Waals surface area contributed by atoms with Crippen LogP contribution in [0.25, 0.3) is 6.08 Å². The summed E-state index contributed by atoms with van der Waals surface area (Å²) >= 11 is 0. The average molecular weight is 244 g/mol. The van der Waals surface area contributed by atoms with Gasteiger partial charge in [0.2, 0.25) is 0 Å². The van der Waals surface area contributed by atoms with E-state index < -0.39 is 0 Å². The number of terminal acetylenes is 1. The van der Waals surface area contributed by atoms with Gasteiger partial charge in [-0.05, 0) is 30.2 Å². The Morgan fingerprint density at radius 1 is 1.50 bits per heavy atom. The number of hydrogen-bond donors (Lipinski definition) is 0. The number of hydrogen-bond acceptors (Lipinski definition) is 3. The molecule has 94 valence electrons. The maximum Gasteiger partial charge on any atom is 0.330 e. The Bertz CT molecular complexity index is 455. The molecule has 0 spiro atoms. The number of carbonyl (C=O) groups excluding carboxylic acids is 1. The summed E-state index contributed by atoms with van der Waals surface area (Å²) in [7, 11) is 1.60. The third kappa shape index (κ3) is 5.22. The first-order valence-electron chi connectivity index (χ1n) is 5.68. The quantitative estimate of drug-likeness (QED) is 0.334. The fourth-order valence-corrected chi connectivity index (χ4v) is 1.30. The van der Waals surface area contributed by atoms with Gasteiger partial charge in [0.05, 0.1) is 13.7 Å². The van der Waals surface area contributed by atoms with Gasteiger partial charge in [0.15, 0.2) is 0 Å². The van der Waals surface area contributed by atoms with Gasteiger partial charge in [0.1, 0.15) is 5.75 Å². The predicted octanol–water partition coefficient (Wildman–Crippen LogP) is 2.67. The number of benzene rings is 1. The Hall–Kier alpha value is -2.21. The number of unbranched alkanes of at least 4 members (excludes halogenated alkanes) is 1. The Morgan fingerprint density at radius 3 is 3.06 bits per heavy atom. The highest BCUT2D eigenvalue weighted by atomic mass is 16.5. The van der Waals surface area contributed by atoms with Gasteiger partial charge in [-0.25, -0.2) is 4.79 Å². The summed E-state index contributed by atoms with van der Waals surface area (Å²) in [5.74, 6) is 2.87. The molecule has 0 atom stereocenters. The second-order valence-electron chi connectivity index (χ2n) is 3.59. The van der Waals surface area contributed by atoms with Crippen molar-refractivity contribution in [2.24, 2.45) is 0 Å². The van der Waals surface area contributed by atoms with Crippen LogP contribution in [0.4, 0.5) is 0 Å². The molecular formula is C15H16O3. The lowest BCUT2D eigenvalue weighted by molar-refractivity contribution is -0.137. The first kappa shape index (κ1) is 13.9. The van der Waals surface area contributed by atoms with E-state index in [0.717, 1.165) is 11.3 Å². The number of esters is 1. The Balaban J connectivity index is 2.43. The van der Waals surface area contributed by atoms with Crippen molar-refractivity contribution >= 4 is 12.0 Å². The minimum Gasteiger partial charge on any atom is -0.497 e. The fraction of sp³-hybridized carbons (Fsp3) is 0.267. The van der Waals surface area contributed by atoms with Crippen LogP contribution >= 0.6 is 0 Å². The van der Waals surface area contributed by atoms with Crippen LogP contribution in [0.1, 0.15) is 18.4 Å². The largest absolute Gasteiger partial charge is 0.497 e. The topological polar surface area (TPSA) is 35.5 Å². The van der Waals surface area contributed by atoms with Gasteiger partial charge in [-0.3, -0.25) is 0 Å². The zero-order chi connectivity index (χ0) is 13.2. The molecule has 0 aliphatic carbocycles. The van der Waals surface area contributed by atoms with Gasteiger partial charge in [0, 0.05) is 12.5 Å². The lowest BCUT2D eigenvalue weighted by atomic mass is 10.2. The molecule has 0 heterocycles. The number of ether oxygens (including phenoxy) is 2. The molecule has 0 aromatic heterocycles. The van der Waals surface area contributed by atoms with Crippen LogP contribution in [-0.2, 0) is 9.53 Å². The molecule has 0 saturated carbocycles. The van der Waals surface area contributed by atoms with Crippen LogP contribution in [0.15, 0.2) is 30.3 Å². The fourth-order valence-electron chi connectivity index (χ4n) is 1.30. The van der Waals surface area contributed by atoms with Crippen LogP contribution in [-0.4, -0.2) is 19.7 Å². The third-order valence-corrected chi connectivity index (χ3v) is 2.22. The number of rotatable bonds is 6. The Morgan fingerprint density at radius 2 is 2.33 bits per heavy atom. The summed E-state index contributed by atoms with van der Waals surface area (Å²) in [6.07, 6.45) is 9.48. The molecule has 0 radical (unpaired) electrons. The van der Waals surface area contributed by atoms with Crippen LogP contribution in [0.2, 0.25) is 0 Å². The smallest absolute Gasteiger partial charge is 0.330 e. The van der Waals surface area contributed by atoms with E-state index in [0.29, 0.717) is 19.4 Å². The maximum atomic E-state index is 11.3. The van der Waals surface area contributed by atoms with E-state index in [4.69, 9.17) is 15.9 Å². The number of carbonyl (C=O) groups is 1. The van der Waals surface area contributed by atoms with Crippen molar-refractivity contribution in [3.8, 4) is 18.1 Å². The maximum absolute atomic E-state index is 11.3. The van der Waals surface area contributed by atoms with Crippen LogP contribution in [0.3, 0.4) is 0 Å². The number of methoxy groups -OCH3 is 1. The molecule has 1 rings (SSSR count). The molecule has 0 bridgehead atoms. The minimum absolute atomic E-state index is 0.353. The highest BCUT2D eigenvalue weighted by Gasteiger charge is 1.97. The molecule has 0 aliphatic heterocycles. The second-order valence-corrected chi connectivity index (χ2v) is 3.59. The first-order valence-corrected chi connectivity index (χ1v) is 5.68. The summed E-state index contributed by atoms with van der Waals surface area (Å²) in [6, 6.07) is 7.42. The van der Waals surface area contributed by atoms with Crippen molar-refractivity contribution in [2.75, 3.05) is 13.7 Å². The van der Waals surface area contributed by atoms with E-state index in [-0.39, 0.29) is 5.97 Å². The van der Waals surface area contributed by atoms with Gasteiger partial charge in [-0.2, -0.15) is 0 Å². The molecule has 1 aromatic carbocycles. The normalized spacial score (nSPS) is 10.0. The van der Waals surface area contributed by atoms with Crippen LogP contribution < -0.4 is 4.74 Å². The molecule has 0 fully saturated rings. The van der Waals surface area contributed by atoms with Gasteiger partial charge >= 0.3 is 5.97 Å². The summed E-state index contributed by atoms with van der Waals surface area (Å²) < 4.78 is 10.1. The molecule has 0 unspecified atom stereocenters. The summed E-state index contributed by atoms with van der Waals surface area (Å²) in [6.45, 7) is 0.353. The summed E-state index contributed by atoms with van der Waals surface area (Å²) in [5, 5.41) is 0. The first-order chi connectivity index (χ1) is 8.76. The molecule has 0 saturated heterocycles. The van der Waals surface area contributed by atoms with Crippen molar-refractivity contribution in [2.45, 2.75) is 12.8 Å². The van der Waals surface area contributed by atoms with Crippen molar-refractivity contribution in [1.29, 1.82) is 0 Å². The standard InChI is InChI=1S/C15H16O3/c1-3-4-5-11-18-15(16)10-9-13-7-6-8-14(12-13)17-2/h1,6-10,12H,4-5,11H2,2H3. The van der Waals surface area contributed by atoms with E-state index in [1.165, 1.54) is 6.08 Å². The SMILES string of the molecule is C#CCCCOC(=O)C=Cc1cccc(OC)c1. The van der Waals surface area contributed by atoms with Gasteiger partial charge in [-0.15, -0.1) is 12.3 Å². The molecule has 1 aromatic rings. The molecule has 0 aliphatic rings.